The molecular weight excluding hydrogens is 744 g/mol. The van der Waals surface area contributed by atoms with Crippen molar-refractivity contribution >= 4 is 85.5 Å². The molecule has 0 fully saturated rings. The number of allylic oxidation sites excluding steroid dienone is 1. The predicted molar refractivity (Wildman–Crippen MR) is 171 cm³/mol. The molecule has 0 saturated heterocycles. The van der Waals surface area contributed by atoms with Gasteiger partial charge in [-0.05, 0) is 99.5 Å². The zero-order chi connectivity index (χ0) is 26.8. The van der Waals surface area contributed by atoms with Gasteiger partial charge in [-0.1, -0.05) is 48.3 Å². The lowest BCUT2D eigenvalue weighted by Gasteiger charge is -2.24. The summed E-state index contributed by atoms with van der Waals surface area (Å²) < 4.78 is 9.88. The lowest BCUT2D eigenvalue weighted by atomic mass is 10.0. The number of benzene rings is 2. The summed E-state index contributed by atoms with van der Waals surface area (Å²) in [7, 11) is 0. The summed E-state index contributed by atoms with van der Waals surface area (Å²) in [6, 6.07) is 16.6. The van der Waals surface area contributed by atoms with Crippen LogP contribution >= 0.6 is 67.9 Å². The molecule has 10 heteroatoms. The molecule has 1 aliphatic rings. The third-order valence-electron chi connectivity index (χ3n) is 5.77. The summed E-state index contributed by atoms with van der Waals surface area (Å²) in [4.78, 5) is 33.5. The molecule has 3 heterocycles. The number of thiazole rings is 1. The predicted octanol–water partition coefficient (Wildman–Crippen LogP) is 5.71. The summed E-state index contributed by atoms with van der Waals surface area (Å²) >= 11 is 7.32. The van der Waals surface area contributed by atoms with Crippen molar-refractivity contribution < 1.29 is 9.53 Å². The van der Waals surface area contributed by atoms with Crippen molar-refractivity contribution in [2.75, 3.05) is 11.9 Å². The second-order valence-corrected chi connectivity index (χ2v) is 12.6. The molecule has 5 rings (SSSR count). The van der Waals surface area contributed by atoms with Gasteiger partial charge in [-0.25, -0.2) is 4.99 Å². The van der Waals surface area contributed by atoms with Gasteiger partial charge >= 0.3 is 0 Å². The van der Waals surface area contributed by atoms with Crippen LogP contribution in [-0.4, -0.2) is 17.1 Å². The summed E-state index contributed by atoms with van der Waals surface area (Å²) in [6.07, 6.45) is 3.58. The largest absolute Gasteiger partial charge is 0.487 e. The Balaban J connectivity index is 1.60. The molecule has 0 saturated carbocycles. The van der Waals surface area contributed by atoms with Crippen molar-refractivity contribution in [1.29, 1.82) is 0 Å². The molecule has 1 unspecified atom stereocenters. The number of ether oxygens (including phenoxy) is 1. The highest BCUT2D eigenvalue weighted by Crippen LogP contribution is 2.33. The molecule has 1 aliphatic heterocycles. The lowest BCUT2D eigenvalue weighted by Crippen LogP contribution is -2.40. The number of fused-ring (bicyclic) bond motifs is 1. The van der Waals surface area contributed by atoms with Gasteiger partial charge in [-0.3, -0.25) is 14.2 Å². The van der Waals surface area contributed by atoms with E-state index in [4.69, 9.17) is 9.73 Å². The van der Waals surface area contributed by atoms with Crippen LogP contribution in [-0.2, 0) is 4.79 Å². The van der Waals surface area contributed by atoms with E-state index in [1.165, 1.54) is 22.7 Å². The maximum absolute atomic E-state index is 13.8. The Bertz CT molecular complexity index is 1720. The van der Waals surface area contributed by atoms with Crippen LogP contribution in [0, 0.1) is 7.14 Å². The molecule has 2 aromatic carbocycles. The Morgan fingerprint density at radius 3 is 2.58 bits per heavy atom. The Morgan fingerprint density at radius 2 is 1.92 bits per heavy atom. The summed E-state index contributed by atoms with van der Waals surface area (Å²) in [6.45, 7) is 5.95. The lowest BCUT2D eigenvalue weighted by molar-refractivity contribution is -0.113. The minimum Gasteiger partial charge on any atom is -0.487 e. The minimum absolute atomic E-state index is 0.179. The topological polar surface area (TPSA) is 72.7 Å². The molecule has 0 spiro atoms. The van der Waals surface area contributed by atoms with Crippen molar-refractivity contribution in [2.45, 2.75) is 13.0 Å². The second kappa shape index (κ2) is 11.7. The number of carbonyl (C=O) groups is 1. The van der Waals surface area contributed by atoms with Crippen LogP contribution in [0.3, 0.4) is 0 Å². The molecule has 1 amide bonds. The van der Waals surface area contributed by atoms with Gasteiger partial charge in [0.05, 0.1) is 22.9 Å². The molecule has 0 radical (unpaired) electrons. The molecule has 192 valence electrons. The van der Waals surface area contributed by atoms with Gasteiger partial charge in [0.1, 0.15) is 18.4 Å². The zero-order valence-corrected chi connectivity index (χ0v) is 26.1. The Hall–Kier alpha value is -2.55. The number of amides is 1. The number of thiophene rings is 1. The van der Waals surface area contributed by atoms with E-state index in [0.717, 1.165) is 23.3 Å². The van der Waals surface area contributed by atoms with Gasteiger partial charge in [0, 0.05) is 10.6 Å². The van der Waals surface area contributed by atoms with E-state index < -0.39 is 6.04 Å². The fourth-order valence-electron chi connectivity index (χ4n) is 4.14. The van der Waals surface area contributed by atoms with Crippen LogP contribution in [0.4, 0.5) is 5.69 Å². The normalized spacial score (nSPS) is 15.1. The first-order valence-corrected chi connectivity index (χ1v) is 15.4. The van der Waals surface area contributed by atoms with Crippen LogP contribution < -0.4 is 24.9 Å². The highest BCUT2D eigenvalue weighted by atomic mass is 127. The quantitative estimate of drug-likeness (QED) is 0.194. The zero-order valence-electron chi connectivity index (χ0n) is 20.1. The van der Waals surface area contributed by atoms with E-state index >= 15 is 0 Å². The van der Waals surface area contributed by atoms with Crippen molar-refractivity contribution in [3.05, 3.63) is 121 Å². The van der Waals surface area contributed by atoms with E-state index in [2.05, 4.69) is 57.1 Å². The molecular formula is C28H21I2N3O3S2. The van der Waals surface area contributed by atoms with Crippen molar-refractivity contribution in [2.24, 2.45) is 4.99 Å². The average Bonchev–Trinajstić information content (AvgIpc) is 3.52. The van der Waals surface area contributed by atoms with Crippen molar-refractivity contribution in [1.82, 2.24) is 4.57 Å². The number of hydrogen-bond donors (Lipinski definition) is 1. The first kappa shape index (κ1) is 27.0. The van der Waals surface area contributed by atoms with E-state index in [1.807, 2.05) is 73.0 Å². The molecule has 38 heavy (non-hydrogen) atoms. The Morgan fingerprint density at radius 1 is 1.18 bits per heavy atom. The first-order chi connectivity index (χ1) is 18.4. The van der Waals surface area contributed by atoms with E-state index in [1.54, 1.807) is 10.6 Å². The number of hydrogen-bond acceptors (Lipinski definition) is 6. The maximum atomic E-state index is 13.8. The minimum atomic E-state index is -0.563. The number of nitrogens with one attached hydrogen (secondary N) is 1. The Labute approximate surface area is 254 Å². The monoisotopic (exact) mass is 765 g/mol. The molecule has 0 aliphatic carbocycles. The number of para-hydroxylation sites is 1. The van der Waals surface area contributed by atoms with Crippen LogP contribution in [0.25, 0.3) is 6.08 Å². The molecule has 6 nitrogen and oxygen atoms in total. The van der Waals surface area contributed by atoms with Gasteiger partial charge in [0.2, 0.25) is 0 Å². The fourth-order valence-corrected chi connectivity index (χ4v) is 8.14. The van der Waals surface area contributed by atoms with E-state index in [0.29, 0.717) is 32.9 Å². The third kappa shape index (κ3) is 5.44. The fraction of sp³-hybridized carbons (Fsp3) is 0.107. The van der Waals surface area contributed by atoms with Crippen LogP contribution in [0.15, 0.2) is 93.7 Å². The number of aromatic nitrogens is 1. The Kier molecular flexibility index (Phi) is 8.31. The van der Waals surface area contributed by atoms with Gasteiger partial charge in [0.15, 0.2) is 4.80 Å². The number of nitrogens with zero attached hydrogens (tertiary/aromatic N) is 2. The smallest absolute Gasteiger partial charge is 0.271 e. The van der Waals surface area contributed by atoms with E-state index in [9.17, 15) is 9.59 Å². The number of anilines is 1. The van der Waals surface area contributed by atoms with Gasteiger partial charge in [-0.2, -0.15) is 0 Å². The van der Waals surface area contributed by atoms with Crippen molar-refractivity contribution in [3.8, 4) is 5.75 Å². The van der Waals surface area contributed by atoms with Gasteiger partial charge < -0.3 is 10.1 Å². The summed E-state index contributed by atoms with van der Waals surface area (Å²) in [5.41, 5.74) is 2.45. The highest BCUT2D eigenvalue weighted by Gasteiger charge is 2.33. The van der Waals surface area contributed by atoms with Gasteiger partial charge in [0.25, 0.3) is 11.5 Å². The molecule has 1 N–H and O–H groups in total. The average molecular weight is 765 g/mol. The maximum Gasteiger partial charge on any atom is 0.271 e. The molecule has 1 atom stereocenters. The first-order valence-electron chi connectivity index (χ1n) is 11.5. The molecule has 2 aromatic heterocycles. The molecule has 0 bridgehead atoms. The highest BCUT2D eigenvalue weighted by molar-refractivity contribution is 14.1. The number of rotatable bonds is 7. The van der Waals surface area contributed by atoms with Crippen LogP contribution in [0.2, 0.25) is 0 Å². The summed E-state index contributed by atoms with van der Waals surface area (Å²) in [5.74, 6) is 0.524. The van der Waals surface area contributed by atoms with Crippen LogP contribution in [0.1, 0.15) is 23.4 Å². The van der Waals surface area contributed by atoms with Gasteiger partial charge in [-0.15, -0.1) is 11.3 Å². The number of halogens is 2. The van der Waals surface area contributed by atoms with E-state index in [-0.39, 0.29) is 11.5 Å². The second-order valence-electron chi connectivity index (χ2n) is 8.33. The van der Waals surface area contributed by atoms with Crippen molar-refractivity contribution in [3.63, 3.8) is 0 Å². The number of carbonyl (C=O) groups excluding carboxylic acids is 1. The third-order valence-corrected chi connectivity index (χ3v) is 9.28. The van der Waals surface area contributed by atoms with Crippen LogP contribution in [0.5, 0.6) is 5.75 Å². The standard InChI is InChI=1S/C28H21I2N3O3S2/c1-3-11-36-25-19(29)13-17(14-20(25)30)15-22-27(35)33-24(21-10-7-12-37-21)23(16(2)31-28(33)38-22)26(34)32-18-8-5-4-6-9-18/h3-10,12-15,24H,1,11H2,2H3,(H,32,34)/b22-15-. The summed E-state index contributed by atoms with van der Waals surface area (Å²) in [5, 5.41) is 4.92. The molecule has 4 aromatic rings. The SMILES string of the molecule is C=CCOc1c(I)cc(/C=c2\sc3n(c2=O)C(c2cccs2)C(C(=O)Nc2ccccc2)=C(C)N=3)cc1I.